The zero-order chi connectivity index (χ0) is 15.9. The quantitative estimate of drug-likeness (QED) is 0.918. The second kappa shape index (κ2) is 5.15. The minimum Gasteiger partial charge on any atom is -0.506 e. The van der Waals surface area contributed by atoms with E-state index in [1.807, 2.05) is 26.8 Å². The number of amides is 1. The molecule has 7 nitrogen and oxygen atoms in total. The monoisotopic (exact) mass is 304 g/mol. The maximum absolute atomic E-state index is 11.9. The number of ether oxygens (including phenoxy) is 1. The molecule has 1 N–H and O–H groups in total. The molecule has 0 aliphatic carbocycles. The maximum Gasteiger partial charge on any atom is 0.410 e. The third kappa shape index (κ3) is 2.84. The first kappa shape index (κ1) is 14.6. The summed E-state index contributed by atoms with van der Waals surface area (Å²) in [6, 6.07) is 5.24. The smallest absolute Gasteiger partial charge is 0.410 e. The molecule has 1 aliphatic heterocycles. The van der Waals surface area contributed by atoms with Crippen LogP contribution in [0.1, 0.15) is 20.8 Å². The Morgan fingerprint density at radius 2 is 2.14 bits per heavy atom. The van der Waals surface area contributed by atoms with Crippen LogP contribution in [0.25, 0.3) is 11.0 Å². The van der Waals surface area contributed by atoms with Crippen LogP contribution in [0.3, 0.4) is 0 Å². The van der Waals surface area contributed by atoms with E-state index in [2.05, 4.69) is 10.3 Å². The van der Waals surface area contributed by atoms with E-state index in [1.165, 1.54) is 0 Å². The van der Waals surface area contributed by atoms with E-state index in [-0.39, 0.29) is 11.8 Å². The highest BCUT2D eigenvalue weighted by Crippen LogP contribution is 2.25. The van der Waals surface area contributed by atoms with Gasteiger partial charge < -0.3 is 14.7 Å². The molecule has 1 fully saturated rings. The summed E-state index contributed by atoms with van der Waals surface area (Å²) < 4.78 is 7.10. The molecule has 1 aromatic carbocycles. The molecular formula is C15H20N4O3. The number of aromatic nitrogens is 3. The van der Waals surface area contributed by atoms with Gasteiger partial charge in [0, 0.05) is 25.6 Å². The SMILES string of the molecule is CC(C)(C)OC(=O)N1CC(Cn2nnc3c(O)cccc32)C1. The molecule has 1 amide bonds. The van der Waals surface area contributed by atoms with Gasteiger partial charge in [-0.15, -0.1) is 5.10 Å². The number of nitrogens with zero attached hydrogens (tertiary/aromatic N) is 4. The number of fused-ring (bicyclic) bond motifs is 1. The third-order valence-corrected chi connectivity index (χ3v) is 3.56. The van der Waals surface area contributed by atoms with Gasteiger partial charge in [0.15, 0.2) is 5.52 Å². The Balaban J connectivity index is 1.60. The molecule has 2 aromatic rings. The Labute approximate surface area is 128 Å². The minimum atomic E-state index is -0.470. The molecule has 1 aliphatic rings. The molecule has 2 heterocycles. The van der Waals surface area contributed by atoms with Crippen LogP contribution in [0.2, 0.25) is 0 Å². The van der Waals surface area contributed by atoms with Crippen LogP contribution in [0.4, 0.5) is 4.79 Å². The van der Waals surface area contributed by atoms with Crippen molar-refractivity contribution in [2.45, 2.75) is 32.9 Å². The molecule has 22 heavy (non-hydrogen) atoms. The lowest BCUT2D eigenvalue weighted by atomic mass is 10.0. The molecular weight excluding hydrogens is 284 g/mol. The average Bonchev–Trinajstić information content (AvgIpc) is 2.75. The molecule has 118 valence electrons. The average molecular weight is 304 g/mol. The van der Waals surface area contributed by atoms with Crippen LogP contribution in [0.5, 0.6) is 5.75 Å². The molecule has 0 unspecified atom stereocenters. The summed E-state index contributed by atoms with van der Waals surface area (Å²) in [5.74, 6) is 0.451. The molecule has 7 heteroatoms. The number of carbonyl (C=O) groups is 1. The zero-order valence-electron chi connectivity index (χ0n) is 13.0. The molecule has 0 bridgehead atoms. The zero-order valence-corrected chi connectivity index (χ0v) is 13.0. The standard InChI is InChI=1S/C15H20N4O3/c1-15(2,3)22-14(21)18-7-10(8-18)9-19-11-5-4-6-12(20)13(11)16-17-19/h4-6,10,20H,7-9H2,1-3H3. The molecule has 0 radical (unpaired) electrons. The van der Waals surface area contributed by atoms with Crippen LogP contribution in [-0.4, -0.2) is 49.8 Å². The lowest BCUT2D eigenvalue weighted by molar-refractivity contribution is -0.00371. The second-order valence-electron chi connectivity index (χ2n) is 6.67. The lowest BCUT2D eigenvalue weighted by Crippen LogP contribution is -2.52. The van der Waals surface area contributed by atoms with Crippen molar-refractivity contribution in [1.82, 2.24) is 19.9 Å². The first-order chi connectivity index (χ1) is 10.3. The van der Waals surface area contributed by atoms with Gasteiger partial charge in [0.25, 0.3) is 0 Å². The Morgan fingerprint density at radius 1 is 1.41 bits per heavy atom. The van der Waals surface area contributed by atoms with E-state index in [0.717, 1.165) is 5.52 Å². The van der Waals surface area contributed by atoms with Crippen molar-refractivity contribution < 1.29 is 14.6 Å². The van der Waals surface area contributed by atoms with Crippen LogP contribution < -0.4 is 0 Å². The number of phenolic OH excluding ortho intramolecular Hbond substituents is 1. The summed E-state index contributed by atoms with van der Waals surface area (Å²) in [5, 5.41) is 17.8. The summed E-state index contributed by atoms with van der Waals surface area (Å²) in [4.78, 5) is 13.6. The number of carbonyl (C=O) groups excluding carboxylic acids is 1. The summed E-state index contributed by atoms with van der Waals surface area (Å²) in [7, 11) is 0. The number of phenols is 1. The summed E-state index contributed by atoms with van der Waals surface area (Å²) in [5.41, 5.74) is 0.837. The Bertz CT molecular complexity index is 698. The molecule has 1 aromatic heterocycles. The van der Waals surface area contributed by atoms with Crippen molar-refractivity contribution in [2.24, 2.45) is 5.92 Å². The van der Waals surface area contributed by atoms with Gasteiger partial charge in [0.1, 0.15) is 11.4 Å². The van der Waals surface area contributed by atoms with Crippen LogP contribution in [0.15, 0.2) is 18.2 Å². The highest BCUT2D eigenvalue weighted by Gasteiger charge is 2.34. The van der Waals surface area contributed by atoms with Gasteiger partial charge in [-0.1, -0.05) is 11.3 Å². The normalized spacial score (nSPS) is 15.9. The number of benzene rings is 1. The molecule has 0 saturated carbocycles. The van der Waals surface area contributed by atoms with Crippen LogP contribution in [0, 0.1) is 5.92 Å². The molecule has 0 atom stereocenters. The van der Waals surface area contributed by atoms with E-state index < -0.39 is 5.60 Å². The van der Waals surface area contributed by atoms with E-state index in [1.54, 1.807) is 21.7 Å². The molecule has 3 rings (SSSR count). The summed E-state index contributed by atoms with van der Waals surface area (Å²) in [6.45, 7) is 7.53. The van der Waals surface area contributed by atoms with Gasteiger partial charge in [-0.05, 0) is 32.9 Å². The van der Waals surface area contributed by atoms with Gasteiger partial charge in [-0.2, -0.15) is 0 Å². The van der Waals surface area contributed by atoms with Crippen molar-refractivity contribution in [1.29, 1.82) is 0 Å². The number of hydrogen-bond donors (Lipinski definition) is 1. The number of rotatable bonds is 2. The van der Waals surface area contributed by atoms with Crippen LogP contribution >= 0.6 is 0 Å². The molecule has 1 saturated heterocycles. The fraction of sp³-hybridized carbons (Fsp3) is 0.533. The van der Waals surface area contributed by atoms with Crippen molar-refractivity contribution in [3.05, 3.63) is 18.2 Å². The van der Waals surface area contributed by atoms with E-state index in [9.17, 15) is 9.90 Å². The number of likely N-dealkylation sites (tertiary alicyclic amines) is 1. The Kier molecular flexibility index (Phi) is 3.42. The Morgan fingerprint density at radius 3 is 2.82 bits per heavy atom. The predicted molar refractivity (Wildman–Crippen MR) is 80.5 cm³/mol. The van der Waals surface area contributed by atoms with E-state index >= 15 is 0 Å². The first-order valence-corrected chi connectivity index (χ1v) is 7.32. The van der Waals surface area contributed by atoms with E-state index in [4.69, 9.17) is 4.74 Å². The predicted octanol–water partition coefficient (Wildman–Crippen LogP) is 2.00. The van der Waals surface area contributed by atoms with Gasteiger partial charge in [-0.25, -0.2) is 9.48 Å². The topological polar surface area (TPSA) is 80.5 Å². The summed E-state index contributed by atoms with van der Waals surface area (Å²) in [6.07, 6.45) is -0.273. The second-order valence-corrected chi connectivity index (χ2v) is 6.67. The van der Waals surface area contributed by atoms with Crippen LogP contribution in [-0.2, 0) is 11.3 Å². The van der Waals surface area contributed by atoms with Crippen molar-refractivity contribution >= 4 is 17.1 Å². The first-order valence-electron chi connectivity index (χ1n) is 7.32. The lowest BCUT2D eigenvalue weighted by Gasteiger charge is -2.39. The Hall–Kier alpha value is -2.31. The van der Waals surface area contributed by atoms with E-state index in [0.29, 0.717) is 31.1 Å². The fourth-order valence-electron chi connectivity index (χ4n) is 2.52. The fourth-order valence-corrected chi connectivity index (χ4v) is 2.52. The highest BCUT2D eigenvalue weighted by molar-refractivity contribution is 5.80. The largest absolute Gasteiger partial charge is 0.506 e. The van der Waals surface area contributed by atoms with Crippen molar-refractivity contribution in [3.63, 3.8) is 0 Å². The van der Waals surface area contributed by atoms with Gasteiger partial charge in [0.2, 0.25) is 0 Å². The minimum absolute atomic E-state index is 0.132. The maximum atomic E-state index is 11.9. The van der Waals surface area contributed by atoms with Crippen molar-refractivity contribution in [3.8, 4) is 5.75 Å². The van der Waals surface area contributed by atoms with Gasteiger partial charge in [-0.3, -0.25) is 0 Å². The summed E-state index contributed by atoms with van der Waals surface area (Å²) >= 11 is 0. The highest BCUT2D eigenvalue weighted by atomic mass is 16.6. The molecule has 0 spiro atoms. The van der Waals surface area contributed by atoms with Crippen molar-refractivity contribution in [2.75, 3.05) is 13.1 Å². The van der Waals surface area contributed by atoms with Gasteiger partial charge >= 0.3 is 6.09 Å². The van der Waals surface area contributed by atoms with Gasteiger partial charge in [0.05, 0.1) is 5.52 Å². The number of hydrogen-bond acceptors (Lipinski definition) is 5. The third-order valence-electron chi connectivity index (χ3n) is 3.56. The number of aromatic hydroxyl groups is 1.